The summed E-state index contributed by atoms with van der Waals surface area (Å²) < 4.78 is 5.23. The lowest BCUT2D eigenvalue weighted by molar-refractivity contribution is 0.0437. The first kappa shape index (κ1) is 15.6. The highest BCUT2D eigenvalue weighted by Gasteiger charge is 2.25. The Balaban J connectivity index is 2.58. The van der Waals surface area contributed by atoms with Crippen molar-refractivity contribution < 1.29 is 9.52 Å². The summed E-state index contributed by atoms with van der Waals surface area (Å²) in [6, 6.07) is 3.52. The Labute approximate surface area is 115 Å². The molecule has 1 atom stereocenters. The Morgan fingerprint density at radius 1 is 1.42 bits per heavy atom. The fraction of sp³-hybridized carbons (Fsp3) is 0.643. The smallest absolute Gasteiger partial charge is 0.191 e. The van der Waals surface area contributed by atoms with Crippen molar-refractivity contribution >= 4 is 5.96 Å². The third-order valence-corrected chi connectivity index (χ3v) is 2.76. The van der Waals surface area contributed by atoms with Crippen molar-refractivity contribution in [3.05, 3.63) is 24.2 Å². The molecule has 0 saturated heterocycles. The molecule has 0 fully saturated rings. The number of guanidine groups is 1. The summed E-state index contributed by atoms with van der Waals surface area (Å²) in [5.41, 5.74) is -1.09. The van der Waals surface area contributed by atoms with Gasteiger partial charge in [-0.1, -0.05) is 13.3 Å². The predicted octanol–water partition coefficient (Wildman–Crippen LogP) is 1.84. The largest absolute Gasteiger partial charge is 0.466 e. The minimum absolute atomic E-state index is 0.252. The van der Waals surface area contributed by atoms with E-state index in [4.69, 9.17) is 4.42 Å². The van der Waals surface area contributed by atoms with E-state index in [1.54, 1.807) is 25.3 Å². The van der Waals surface area contributed by atoms with Crippen LogP contribution in [-0.2, 0) is 5.60 Å². The van der Waals surface area contributed by atoms with Crippen LogP contribution in [-0.4, -0.2) is 30.7 Å². The number of hydrogen-bond acceptors (Lipinski definition) is 3. The Kier molecular flexibility index (Phi) is 6.42. The molecule has 1 unspecified atom stereocenters. The summed E-state index contributed by atoms with van der Waals surface area (Å²) in [7, 11) is 0. The van der Waals surface area contributed by atoms with E-state index in [1.165, 1.54) is 0 Å². The molecule has 19 heavy (non-hydrogen) atoms. The highest BCUT2D eigenvalue weighted by molar-refractivity contribution is 5.79. The highest BCUT2D eigenvalue weighted by atomic mass is 16.4. The standard InChI is InChI=1S/C14H25N3O2/c1-4-6-9-16-13(15-5-2)17-11-14(3,18)12-8-7-10-19-12/h7-8,10,18H,4-6,9,11H2,1-3H3,(H2,15,16,17). The average Bonchev–Trinajstić information content (AvgIpc) is 2.91. The number of aliphatic hydroxyl groups is 1. The molecule has 0 aliphatic rings. The van der Waals surface area contributed by atoms with Gasteiger partial charge in [0.05, 0.1) is 12.8 Å². The topological polar surface area (TPSA) is 69.8 Å². The van der Waals surface area contributed by atoms with E-state index in [0.29, 0.717) is 5.76 Å². The summed E-state index contributed by atoms with van der Waals surface area (Å²) in [6.07, 6.45) is 3.79. The lowest BCUT2D eigenvalue weighted by Gasteiger charge is -2.19. The van der Waals surface area contributed by atoms with Crippen LogP contribution in [0.5, 0.6) is 0 Å². The second-order valence-electron chi connectivity index (χ2n) is 4.73. The molecule has 1 aromatic rings. The SMILES string of the molecule is CCCCNC(=NCC(C)(O)c1ccco1)NCC. The van der Waals surface area contributed by atoms with Crippen molar-refractivity contribution in [3.8, 4) is 0 Å². The number of furan rings is 1. The molecular formula is C14H25N3O2. The first-order valence-corrected chi connectivity index (χ1v) is 6.88. The van der Waals surface area contributed by atoms with Crippen LogP contribution >= 0.6 is 0 Å². The molecule has 3 N–H and O–H groups in total. The minimum Gasteiger partial charge on any atom is -0.466 e. The third kappa shape index (κ3) is 5.34. The van der Waals surface area contributed by atoms with E-state index in [9.17, 15) is 5.11 Å². The van der Waals surface area contributed by atoms with Crippen molar-refractivity contribution in [3.63, 3.8) is 0 Å². The summed E-state index contributed by atoms with van der Waals surface area (Å²) in [6.45, 7) is 7.79. The van der Waals surface area contributed by atoms with E-state index in [1.807, 2.05) is 6.92 Å². The molecule has 1 rings (SSSR count). The maximum atomic E-state index is 10.3. The minimum atomic E-state index is -1.09. The maximum absolute atomic E-state index is 10.3. The first-order chi connectivity index (χ1) is 9.10. The van der Waals surface area contributed by atoms with E-state index in [0.717, 1.165) is 31.9 Å². The number of nitrogens with one attached hydrogen (secondary N) is 2. The molecule has 0 aliphatic carbocycles. The van der Waals surface area contributed by atoms with Crippen LogP contribution in [0.2, 0.25) is 0 Å². The number of aliphatic imine (C=N–C) groups is 1. The zero-order chi connectivity index (χ0) is 14.1. The van der Waals surface area contributed by atoms with Gasteiger partial charge in [0.1, 0.15) is 11.4 Å². The summed E-state index contributed by atoms with van der Waals surface area (Å²) >= 11 is 0. The van der Waals surface area contributed by atoms with Crippen molar-refractivity contribution in [2.45, 2.75) is 39.2 Å². The summed E-state index contributed by atoms with van der Waals surface area (Å²) in [5.74, 6) is 1.25. The van der Waals surface area contributed by atoms with Crippen LogP contribution in [0.3, 0.4) is 0 Å². The summed E-state index contributed by atoms with van der Waals surface area (Å²) in [4.78, 5) is 4.40. The molecule has 108 valence electrons. The van der Waals surface area contributed by atoms with Crippen LogP contribution in [0.15, 0.2) is 27.8 Å². The predicted molar refractivity (Wildman–Crippen MR) is 77.2 cm³/mol. The molecule has 0 aliphatic heterocycles. The molecule has 5 heteroatoms. The van der Waals surface area contributed by atoms with Crippen molar-refractivity contribution in [2.75, 3.05) is 19.6 Å². The van der Waals surface area contributed by atoms with E-state index in [2.05, 4.69) is 22.5 Å². The van der Waals surface area contributed by atoms with Gasteiger partial charge < -0.3 is 20.2 Å². The van der Waals surface area contributed by atoms with E-state index >= 15 is 0 Å². The van der Waals surface area contributed by atoms with Gasteiger partial charge in [-0.3, -0.25) is 0 Å². The normalized spacial score (nSPS) is 15.1. The van der Waals surface area contributed by atoms with Crippen molar-refractivity contribution in [1.29, 1.82) is 0 Å². The monoisotopic (exact) mass is 267 g/mol. The quantitative estimate of drug-likeness (QED) is 0.400. The van der Waals surface area contributed by atoms with Crippen molar-refractivity contribution in [1.82, 2.24) is 10.6 Å². The Hall–Kier alpha value is -1.49. The third-order valence-electron chi connectivity index (χ3n) is 2.76. The van der Waals surface area contributed by atoms with Gasteiger partial charge in [-0.25, -0.2) is 4.99 Å². The van der Waals surface area contributed by atoms with Gasteiger partial charge in [0, 0.05) is 13.1 Å². The molecule has 0 aromatic carbocycles. The number of hydrogen-bond donors (Lipinski definition) is 3. The Bertz CT molecular complexity index is 372. The lowest BCUT2D eigenvalue weighted by atomic mass is 10.0. The van der Waals surface area contributed by atoms with E-state index in [-0.39, 0.29) is 6.54 Å². The molecule has 5 nitrogen and oxygen atoms in total. The zero-order valence-electron chi connectivity index (χ0n) is 12.1. The second kappa shape index (κ2) is 7.84. The molecule has 0 radical (unpaired) electrons. The molecule has 1 heterocycles. The Morgan fingerprint density at radius 3 is 2.79 bits per heavy atom. The van der Waals surface area contributed by atoms with E-state index < -0.39 is 5.60 Å². The fourth-order valence-corrected chi connectivity index (χ4v) is 1.62. The molecular weight excluding hydrogens is 242 g/mol. The number of nitrogens with zero attached hydrogens (tertiary/aromatic N) is 1. The zero-order valence-corrected chi connectivity index (χ0v) is 12.1. The number of unbranched alkanes of at least 4 members (excludes halogenated alkanes) is 1. The second-order valence-corrected chi connectivity index (χ2v) is 4.73. The first-order valence-electron chi connectivity index (χ1n) is 6.88. The molecule has 0 spiro atoms. The maximum Gasteiger partial charge on any atom is 0.191 e. The van der Waals surface area contributed by atoms with Gasteiger partial charge >= 0.3 is 0 Å². The average molecular weight is 267 g/mol. The van der Waals surface area contributed by atoms with Crippen LogP contribution in [0.4, 0.5) is 0 Å². The van der Waals surface area contributed by atoms with Gasteiger partial charge in [-0.05, 0) is 32.4 Å². The van der Waals surface area contributed by atoms with Crippen molar-refractivity contribution in [2.24, 2.45) is 4.99 Å². The highest BCUT2D eigenvalue weighted by Crippen LogP contribution is 2.20. The molecule has 1 aromatic heterocycles. The molecule has 0 saturated carbocycles. The molecule has 0 amide bonds. The van der Waals surface area contributed by atoms with Gasteiger partial charge in [-0.15, -0.1) is 0 Å². The number of rotatable bonds is 7. The fourth-order valence-electron chi connectivity index (χ4n) is 1.62. The lowest BCUT2D eigenvalue weighted by Crippen LogP contribution is -2.39. The van der Waals surface area contributed by atoms with Gasteiger partial charge in [0.25, 0.3) is 0 Å². The van der Waals surface area contributed by atoms with Crippen LogP contribution < -0.4 is 10.6 Å². The molecule has 0 bridgehead atoms. The Morgan fingerprint density at radius 2 is 2.21 bits per heavy atom. The van der Waals surface area contributed by atoms with Crippen LogP contribution in [0.25, 0.3) is 0 Å². The van der Waals surface area contributed by atoms with Gasteiger partial charge in [0.15, 0.2) is 5.96 Å². The van der Waals surface area contributed by atoms with Gasteiger partial charge in [-0.2, -0.15) is 0 Å². The van der Waals surface area contributed by atoms with Gasteiger partial charge in [0.2, 0.25) is 0 Å². The summed E-state index contributed by atoms with van der Waals surface area (Å²) in [5, 5.41) is 16.7. The van der Waals surface area contributed by atoms with Crippen LogP contribution in [0, 0.1) is 0 Å². The van der Waals surface area contributed by atoms with Crippen LogP contribution in [0.1, 0.15) is 39.4 Å².